The molecule has 1 N–H and O–H groups in total. The van der Waals surface area contributed by atoms with Crippen molar-refractivity contribution in [2.45, 2.75) is 45.2 Å². The molecular formula is C15H26N2O4. The third kappa shape index (κ3) is 3.74. The molecule has 2 rings (SSSR count). The molecule has 0 aliphatic carbocycles. The van der Waals surface area contributed by atoms with Crippen molar-refractivity contribution >= 4 is 11.9 Å². The van der Waals surface area contributed by atoms with Crippen LogP contribution in [0.4, 0.5) is 0 Å². The number of piperidine rings is 1. The van der Waals surface area contributed by atoms with Crippen LogP contribution in [0.2, 0.25) is 0 Å². The fraction of sp³-hybridized carbons (Fsp3) is 0.867. The first kappa shape index (κ1) is 16.2. The molecule has 2 aliphatic rings. The number of morpholine rings is 1. The van der Waals surface area contributed by atoms with Gasteiger partial charge >= 0.3 is 5.97 Å². The van der Waals surface area contributed by atoms with Gasteiger partial charge in [-0.05, 0) is 25.7 Å². The summed E-state index contributed by atoms with van der Waals surface area (Å²) in [5.41, 5.74) is 0. The number of likely N-dealkylation sites (tertiary alicyclic amines) is 1. The maximum Gasteiger partial charge on any atom is 0.320 e. The fourth-order valence-electron chi connectivity index (χ4n) is 3.32. The van der Waals surface area contributed by atoms with E-state index in [1.54, 1.807) is 4.90 Å². The zero-order valence-corrected chi connectivity index (χ0v) is 13.0. The van der Waals surface area contributed by atoms with Crippen LogP contribution in [0.15, 0.2) is 0 Å². The van der Waals surface area contributed by atoms with Gasteiger partial charge in [0.2, 0.25) is 5.91 Å². The Labute approximate surface area is 126 Å². The third-order valence-electron chi connectivity index (χ3n) is 4.79. The number of carbonyl (C=O) groups is 2. The number of hydrogen-bond acceptors (Lipinski definition) is 4. The Morgan fingerprint density at radius 3 is 2.52 bits per heavy atom. The van der Waals surface area contributed by atoms with Crippen LogP contribution in [-0.2, 0) is 14.3 Å². The molecule has 0 aromatic rings. The Balaban J connectivity index is 2.03. The average Bonchev–Trinajstić information content (AvgIpc) is 2.53. The molecule has 0 saturated carbocycles. The van der Waals surface area contributed by atoms with Crippen molar-refractivity contribution in [1.82, 2.24) is 9.80 Å². The standard InChI is InChI=1S/C15H26N2O4/c1-3-12-4-5-17(13(10-12)15(19)20)11(2)14(18)16-6-8-21-9-7-16/h11-13H,3-10H2,1-2H3,(H,19,20). The fourth-order valence-corrected chi connectivity index (χ4v) is 3.32. The minimum absolute atomic E-state index is 0.0273. The van der Waals surface area contributed by atoms with Crippen LogP contribution in [0, 0.1) is 5.92 Å². The number of rotatable bonds is 4. The molecule has 3 atom stereocenters. The Morgan fingerprint density at radius 1 is 1.29 bits per heavy atom. The molecule has 0 radical (unpaired) electrons. The second kappa shape index (κ2) is 7.22. The van der Waals surface area contributed by atoms with Gasteiger partial charge in [-0.2, -0.15) is 0 Å². The number of ether oxygens (including phenoxy) is 1. The number of nitrogens with zero attached hydrogens (tertiary/aromatic N) is 2. The normalized spacial score (nSPS) is 29.1. The minimum Gasteiger partial charge on any atom is -0.480 e. The lowest BCUT2D eigenvalue weighted by atomic mass is 9.88. The molecule has 2 heterocycles. The van der Waals surface area contributed by atoms with Crippen LogP contribution in [-0.4, -0.2) is 71.7 Å². The summed E-state index contributed by atoms with van der Waals surface area (Å²) < 4.78 is 5.26. The third-order valence-corrected chi connectivity index (χ3v) is 4.79. The van der Waals surface area contributed by atoms with Gasteiger partial charge in [0.25, 0.3) is 0 Å². The highest BCUT2D eigenvalue weighted by atomic mass is 16.5. The Morgan fingerprint density at radius 2 is 1.95 bits per heavy atom. The second-order valence-corrected chi connectivity index (χ2v) is 6.00. The van der Waals surface area contributed by atoms with Crippen molar-refractivity contribution in [3.63, 3.8) is 0 Å². The van der Waals surface area contributed by atoms with E-state index in [2.05, 4.69) is 6.92 Å². The molecule has 2 fully saturated rings. The Hall–Kier alpha value is -1.14. The van der Waals surface area contributed by atoms with E-state index in [-0.39, 0.29) is 11.9 Å². The van der Waals surface area contributed by atoms with Gasteiger partial charge in [0.15, 0.2) is 0 Å². The average molecular weight is 298 g/mol. The van der Waals surface area contributed by atoms with Gasteiger partial charge in [-0.15, -0.1) is 0 Å². The summed E-state index contributed by atoms with van der Waals surface area (Å²) in [5, 5.41) is 9.48. The molecule has 0 aromatic carbocycles. The van der Waals surface area contributed by atoms with Crippen molar-refractivity contribution in [2.24, 2.45) is 5.92 Å². The van der Waals surface area contributed by atoms with Crippen LogP contribution < -0.4 is 0 Å². The van der Waals surface area contributed by atoms with Gasteiger partial charge in [0, 0.05) is 19.6 Å². The van der Waals surface area contributed by atoms with E-state index in [1.807, 2.05) is 11.8 Å². The van der Waals surface area contributed by atoms with Crippen molar-refractivity contribution in [2.75, 3.05) is 32.8 Å². The summed E-state index contributed by atoms with van der Waals surface area (Å²) in [5.74, 6) is -0.331. The molecule has 0 spiro atoms. The number of carboxylic acids is 1. The Kier molecular flexibility index (Phi) is 5.58. The molecule has 6 heteroatoms. The molecule has 1 amide bonds. The van der Waals surface area contributed by atoms with Crippen LogP contribution in [0.25, 0.3) is 0 Å². The van der Waals surface area contributed by atoms with Crippen molar-refractivity contribution in [3.05, 3.63) is 0 Å². The van der Waals surface area contributed by atoms with Crippen molar-refractivity contribution < 1.29 is 19.4 Å². The first-order valence-corrected chi connectivity index (χ1v) is 7.89. The van der Waals surface area contributed by atoms with Gasteiger partial charge in [-0.25, -0.2) is 0 Å². The highest BCUT2D eigenvalue weighted by Gasteiger charge is 2.38. The molecular weight excluding hydrogens is 272 g/mol. The van der Waals surface area contributed by atoms with Crippen LogP contribution in [0.1, 0.15) is 33.1 Å². The smallest absolute Gasteiger partial charge is 0.320 e. The lowest BCUT2D eigenvalue weighted by Crippen LogP contribution is -2.57. The van der Waals surface area contributed by atoms with E-state index in [9.17, 15) is 14.7 Å². The number of hydrogen-bond donors (Lipinski definition) is 1. The monoisotopic (exact) mass is 298 g/mol. The predicted molar refractivity (Wildman–Crippen MR) is 78.0 cm³/mol. The molecule has 6 nitrogen and oxygen atoms in total. The predicted octanol–water partition coefficient (Wildman–Crippen LogP) is 0.809. The topological polar surface area (TPSA) is 70.1 Å². The van der Waals surface area contributed by atoms with Crippen molar-refractivity contribution in [3.8, 4) is 0 Å². The number of aliphatic carboxylic acids is 1. The molecule has 0 aromatic heterocycles. The molecule has 0 bridgehead atoms. The van der Waals surface area contributed by atoms with E-state index < -0.39 is 12.0 Å². The second-order valence-electron chi connectivity index (χ2n) is 6.00. The summed E-state index contributed by atoms with van der Waals surface area (Å²) in [6, 6.07) is -0.911. The van der Waals surface area contributed by atoms with Crippen LogP contribution in [0.5, 0.6) is 0 Å². The lowest BCUT2D eigenvalue weighted by Gasteiger charge is -2.41. The summed E-state index contributed by atoms with van der Waals surface area (Å²) in [6.45, 7) is 6.96. The van der Waals surface area contributed by atoms with Crippen molar-refractivity contribution in [1.29, 1.82) is 0 Å². The summed E-state index contributed by atoms with van der Waals surface area (Å²) in [4.78, 5) is 27.8. The van der Waals surface area contributed by atoms with Crippen LogP contribution in [0.3, 0.4) is 0 Å². The quantitative estimate of drug-likeness (QED) is 0.831. The van der Waals surface area contributed by atoms with Gasteiger partial charge < -0.3 is 14.7 Å². The van der Waals surface area contributed by atoms with E-state index in [4.69, 9.17) is 4.74 Å². The van der Waals surface area contributed by atoms with Gasteiger partial charge in [-0.1, -0.05) is 13.3 Å². The zero-order valence-electron chi connectivity index (χ0n) is 13.0. The van der Waals surface area contributed by atoms with Gasteiger partial charge in [0.1, 0.15) is 6.04 Å². The van der Waals surface area contributed by atoms with Crippen LogP contribution >= 0.6 is 0 Å². The summed E-state index contributed by atoms with van der Waals surface area (Å²) in [7, 11) is 0. The molecule has 120 valence electrons. The maximum atomic E-state index is 12.6. The maximum absolute atomic E-state index is 12.6. The van der Waals surface area contributed by atoms with E-state index in [0.29, 0.717) is 45.2 Å². The number of carbonyl (C=O) groups excluding carboxylic acids is 1. The van der Waals surface area contributed by atoms with Gasteiger partial charge in [0.05, 0.1) is 19.3 Å². The molecule has 3 unspecified atom stereocenters. The minimum atomic E-state index is -0.810. The largest absolute Gasteiger partial charge is 0.480 e. The Bertz CT molecular complexity index is 382. The zero-order chi connectivity index (χ0) is 15.4. The highest BCUT2D eigenvalue weighted by molar-refractivity contribution is 5.83. The van der Waals surface area contributed by atoms with Gasteiger partial charge in [-0.3, -0.25) is 14.5 Å². The van der Waals surface area contributed by atoms with E-state index in [0.717, 1.165) is 12.8 Å². The molecule has 2 saturated heterocycles. The highest BCUT2D eigenvalue weighted by Crippen LogP contribution is 2.27. The first-order chi connectivity index (χ1) is 10.0. The molecule has 21 heavy (non-hydrogen) atoms. The van der Waals surface area contributed by atoms with E-state index in [1.165, 1.54) is 0 Å². The lowest BCUT2D eigenvalue weighted by molar-refractivity contribution is -0.151. The first-order valence-electron chi connectivity index (χ1n) is 7.89. The summed E-state index contributed by atoms with van der Waals surface area (Å²) in [6.07, 6.45) is 2.62. The number of amides is 1. The van der Waals surface area contributed by atoms with E-state index >= 15 is 0 Å². The number of carboxylic acid groups (broad SMARTS) is 1. The molecule has 2 aliphatic heterocycles. The SMILES string of the molecule is CCC1CCN(C(C)C(=O)N2CCOCC2)C(C(=O)O)C1. The summed E-state index contributed by atoms with van der Waals surface area (Å²) >= 11 is 0.